The number of rotatable bonds is 5. The fraction of sp³-hybridized carbons (Fsp3) is 0.300. The normalized spacial score (nSPS) is 17.2. The molecule has 3 heterocycles. The van der Waals surface area contributed by atoms with Gasteiger partial charge in [-0.2, -0.15) is 0 Å². The second kappa shape index (κ2) is 7.93. The number of anilines is 2. The summed E-state index contributed by atoms with van der Waals surface area (Å²) in [6, 6.07) is 10.6. The standard InChI is InChI=1S/C20H21FN4S/c21-17-6-4-16(5-7-17)18-13-24-20(26-18)25-19-8-3-15(12-23-19)10-14-2-1-9-22-11-14/h3-8,12-14,22H,1-2,9-11H2,(H,23,24,25)/t14-/m1/s1. The second-order valence-corrected chi connectivity index (χ2v) is 7.66. The summed E-state index contributed by atoms with van der Waals surface area (Å²) < 4.78 is 13.0. The van der Waals surface area contributed by atoms with Crippen molar-refractivity contribution in [3.63, 3.8) is 0 Å². The van der Waals surface area contributed by atoms with Gasteiger partial charge in [0.2, 0.25) is 0 Å². The maximum absolute atomic E-state index is 13.0. The molecule has 0 unspecified atom stereocenters. The smallest absolute Gasteiger partial charge is 0.188 e. The van der Waals surface area contributed by atoms with E-state index in [0.29, 0.717) is 5.92 Å². The van der Waals surface area contributed by atoms with E-state index in [0.717, 1.165) is 40.9 Å². The molecule has 4 nitrogen and oxygen atoms in total. The van der Waals surface area contributed by atoms with Crippen LogP contribution in [-0.4, -0.2) is 23.1 Å². The van der Waals surface area contributed by atoms with Crippen LogP contribution in [-0.2, 0) is 6.42 Å². The minimum absolute atomic E-state index is 0.232. The van der Waals surface area contributed by atoms with E-state index in [1.807, 2.05) is 12.3 Å². The maximum atomic E-state index is 13.0. The number of hydrogen-bond donors (Lipinski definition) is 2. The first-order valence-corrected chi connectivity index (χ1v) is 9.72. The molecule has 1 aliphatic rings. The van der Waals surface area contributed by atoms with Crippen molar-refractivity contribution in [1.82, 2.24) is 15.3 Å². The molecule has 0 amide bonds. The van der Waals surface area contributed by atoms with Gasteiger partial charge < -0.3 is 10.6 Å². The Labute approximate surface area is 156 Å². The molecule has 0 radical (unpaired) electrons. The molecule has 134 valence electrons. The lowest BCUT2D eigenvalue weighted by Crippen LogP contribution is -2.30. The van der Waals surface area contributed by atoms with Crippen LogP contribution in [0.15, 0.2) is 48.8 Å². The van der Waals surface area contributed by atoms with Gasteiger partial charge in [-0.05, 0) is 67.6 Å². The highest BCUT2D eigenvalue weighted by atomic mass is 32.1. The van der Waals surface area contributed by atoms with Crippen LogP contribution < -0.4 is 10.6 Å². The predicted molar refractivity (Wildman–Crippen MR) is 104 cm³/mol. The summed E-state index contributed by atoms with van der Waals surface area (Å²) in [5, 5.41) is 7.48. The van der Waals surface area contributed by atoms with Crippen molar-refractivity contribution in [1.29, 1.82) is 0 Å². The van der Waals surface area contributed by atoms with Crippen LogP contribution in [0.5, 0.6) is 0 Å². The number of benzene rings is 1. The maximum Gasteiger partial charge on any atom is 0.188 e. The molecule has 4 rings (SSSR count). The highest BCUT2D eigenvalue weighted by Crippen LogP contribution is 2.30. The molecule has 26 heavy (non-hydrogen) atoms. The summed E-state index contributed by atoms with van der Waals surface area (Å²) in [5.41, 5.74) is 2.23. The molecule has 1 atom stereocenters. The van der Waals surface area contributed by atoms with E-state index in [1.165, 1.54) is 41.9 Å². The topological polar surface area (TPSA) is 49.8 Å². The Morgan fingerprint density at radius 3 is 2.73 bits per heavy atom. The molecular weight excluding hydrogens is 347 g/mol. The van der Waals surface area contributed by atoms with E-state index in [-0.39, 0.29) is 5.82 Å². The van der Waals surface area contributed by atoms with Crippen molar-refractivity contribution in [2.45, 2.75) is 19.3 Å². The summed E-state index contributed by atoms with van der Waals surface area (Å²) >= 11 is 1.53. The zero-order valence-corrected chi connectivity index (χ0v) is 15.2. The van der Waals surface area contributed by atoms with Gasteiger partial charge in [-0.1, -0.05) is 29.5 Å². The van der Waals surface area contributed by atoms with Crippen molar-refractivity contribution >= 4 is 22.3 Å². The predicted octanol–water partition coefficient (Wildman–Crippen LogP) is 4.63. The van der Waals surface area contributed by atoms with Gasteiger partial charge in [-0.15, -0.1) is 0 Å². The Balaban J connectivity index is 1.39. The van der Waals surface area contributed by atoms with Gasteiger partial charge in [0.05, 0.1) is 4.88 Å². The molecule has 1 aliphatic heterocycles. The Bertz CT molecular complexity index is 839. The van der Waals surface area contributed by atoms with E-state index in [1.54, 1.807) is 18.3 Å². The minimum atomic E-state index is -0.232. The minimum Gasteiger partial charge on any atom is -0.316 e. The van der Waals surface area contributed by atoms with Gasteiger partial charge >= 0.3 is 0 Å². The largest absolute Gasteiger partial charge is 0.316 e. The van der Waals surface area contributed by atoms with Crippen molar-refractivity contribution in [2.24, 2.45) is 5.92 Å². The third kappa shape index (κ3) is 4.26. The van der Waals surface area contributed by atoms with Crippen molar-refractivity contribution in [2.75, 3.05) is 18.4 Å². The van der Waals surface area contributed by atoms with Crippen molar-refractivity contribution < 1.29 is 4.39 Å². The fourth-order valence-corrected chi connectivity index (χ4v) is 4.07. The summed E-state index contributed by atoms with van der Waals surface area (Å²) in [4.78, 5) is 9.90. The summed E-state index contributed by atoms with van der Waals surface area (Å²) in [5.74, 6) is 1.27. The number of halogens is 1. The molecule has 0 aliphatic carbocycles. The van der Waals surface area contributed by atoms with Crippen molar-refractivity contribution in [3.8, 4) is 10.4 Å². The molecule has 0 saturated carbocycles. The number of piperidine rings is 1. The SMILES string of the molecule is Fc1ccc(-c2cnc(Nc3ccc(C[C@H]4CCCNC4)cn3)s2)cc1. The molecule has 3 aromatic rings. The molecule has 2 N–H and O–H groups in total. The molecular formula is C20H21FN4S. The number of nitrogens with one attached hydrogen (secondary N) is 2. The first kappa shape index (κ1) is 17.1. The van der Waals surface area contributed by atoms with Gasteiger partial charge in [0.25, 0.3) is 0 Å². The second-order valence-electron chi connectivity index (χ2n) is 6.63. The molecule has 2 aromatic heterocycles. The van der Waals surface area contributed by atoms with Crippen LogP contribution in [0.25, 0.3) is 10.4 Å². The van der Waals surface area contributed by atoms with Gasteiger partial charge in [0.15, 0.2) is 5.13 Å². The summed E-state index contributed by atoms with van der Waals surface area (Å²) in [7, 11) is 0. The number of pyridine rings is 1. The van der Waals surface area contributed by atoms with Crippen LogP contribution >= 0.6 is 11.3 Å². The number of aromatic nitrogens is 2. The highest BCUT2D eigenvalue weighted by Gasteiger charge is 2.13. The van der Waals surface area contributed by atoms with E-state index in [9.17, 15) is 4.39 Å². The Morgan fingerprint density at radius 2 is 2.00 bits per heavy atom. The van der Waals surface area contributed by atoms with Crippen LogP contribution in [0.4, 0.5) is 15.3 Å². The molecule has 1 aromatic carbocycles. The molecule has 0 bridgehead atoms. The monoisotopic (exact) mass is 368 g/mol. The Kier molecular flexibility index (Phi) is 5.22. The van der Waals surface area contributed by atoms with E-state index in [4.69, 9.17) is 0 Å². The molecule has 1 fully saturated rings. The van der Waals surface area contributed by atoms with E-state index < -0.39 is 0 Å². The number of thiazole rings is 1. The zero-order valence-electron chi connectivity index (χ0n) is 14.4. The van der Waals surface area contributed by atoms with Crippen LogP contribution in [0.3, 0.4) is 0 Å². The van der Waals surface area contributed by atoms with Crippen molar-refractivity contribution in [3.05, 3.63) is 60.2 Å². The quantitative estimate of drug-likeness (QED) is 0.689. The van der Waals surface area contributed by atoms with Gasteiger partial charge in [-0.3, -0.25) is 0 Å². The highest BCUT2D eigenvalue weighted by molar-refractivity contribution is 7.18. The van der Waals surface area contributed by atoms with Crippen LogP contribution in [0.1, 0.15) is 18.4 Å². The third-order valence-corrected chi connectivity index (χ3v) is 5.58. The van der Waals surface area contributed by atoms with E-state index in [2.05, 4.69) is 26.7 Å². The lowest BCUT2D eigenvalue weighted by Gasteiger charge is -2.22. The summed E-state index contributed by atoms with van der Waals surface area (Å²) in [6.07, 6.45) is 7.37. The average molecular weight is 368 g/mol. The Hall–Kier alpha value is -2.31. The van der Waals surface area contributed by atoms with Gasteiger partial charge in [0, 0.05) is 12.4 Å². The first-order valence-electron chi connectivity index (χ1n) is 8.91. The van der Waals surface area contributed by atoms with Gasteiger partial charge in [0.1, 0.15) is 11.6 Å². The summed E-state index contributed by atoms with van der Waals surface area (Å²) in [6.45, 7) is 2.25. The molecule has 6 heteroatoms. The average Bonchev–Trinajstić information content (AvgIpc) is 3.13. The molecule has 0 spiro atoms. The number of hydrogen-bond acceptors (Lipinski definition) is 5. The molecule has 1 saturated heterocycles. The zero-order chi connectivity index (χ0) is 17.8. The third-order valence-electron chi connectivity index (χ3n) is 4.62. The van der Waals surface area contributed by atoms with E-state index >= 15 is 0 Å². The number of nitrogens with zero attached hydrogens (tertiary/aromatic N) is 2. The van der Waals surface area contributed by atoms with Crippen LogP contribution in [0, 0.1) is 11.7 Å². The Morgan fingerprint density at radius 1 is 1.12 bits per heavy atom. The fourth-order valence-electron chi connectivity index (χ4n) is 3.24. The van der Waals surface area contributed by atoms with Gasteiger partial charge in [-0.25, -0.2) is 14.4 Å². The van der Waals surface area contributed by atoms with Crippen LogP contribution in [0.2, 0.25) is 0 Å². The lowest BCUT2D eigenvalue weighted by molar-refractivity contribution is 0.376. The lowest BCUT2D eigenvalue weighted by atomic mass is 9.93. The first-order chi connectivity index (χ1) is 12.8.